The Morgan fingerprint density at radius 3 is 2.50 bits per heavy atom. The van der Waals surface area contributed by atoms with Gasteiger partial charge in [0.15, 0.2) is 5.78 Å². The maximum Gasteiger partial charge on any atom is 0.189 e. The van der Waals surface area contributed by atoms with E-state index in [4.69, 9.17) is 16.7 Å². The van der Waals surface area contributed by atoms with Gasteiger partial charge in [0.1, 0.15) is 0 Å². The Hall–Kier alpha value is -1.90. The summed E-state index contributed by atoms with van der Waals surface area (Å²) in [5.74, 6) is -0.0698. The van der Waals surface area contributed by atoms with Gasteiger partial charge in [-0.15, -0.1) is 0 Å². The van der Waals surface area contributed by atoms with Crippen molar-refractivity contribution in [2.75, 3.05) is 6.61 Å². The van der Waals surface area contributed by atoms with Gasteiger partial charge in [0.05, 0.1) is 0 Å². The Morgan fingerprint density at radius 2 is 1.85 bits per heavy atom. The maximum absolute atomic E-state index is 12.4. The van der Waals surface area contributed by atoms with Gasteiger partial charge in [-0.1, -0.05) is 54.1 Å². The average Bonchev–Trinajstić information content (AvgIpc) is 2.47. The molecule has 0 aromatic heterocycles. The number of hydrogen-bond donors (Lipinski definition) is 1. The van der Waals surface area contributed by atoms with Crippen LogP contribution in [0.3, 0.4) is 0 Å². The molecule has 20 heavy (non-hydrogen) atoms. The van der Waals surface area contributed by atoms with Crippen LogP contribution in [0.5, 0.6) is 0 Å². The predicted molar refractivity (Wildman–Crippen MR) is 81.9 cm³/mol. The standard InChI is InChI=1S/C17H15ClO2/c18-16-8-4-5-13(12-16)11-15(9-10-19)17(20)14-6-2-1-3-7-14/h1-8,11-12,19H,9-10H2/b15-11+. The van der Waals surface area contributed by atoms with Crippen molar-refractivity contribution in [2.24, 2.45) is 0 Å². The van der Waals surface area contributed by atoms with E-state index in [0.717, 1.165) is 5.56 Å². The Morgan fingerprint density at radius 1 is 1.10 bits per heavy atom. The number of aliphatic hydroxyl groups is 1. The monoisotopic (exact) mass is 286 g/mol. The summed E-state index contributed by atoms with van der Waals surface area (Å²) in [6.45, 7) is -0.0645. The Labute approximate surface area is 123 Å². The minimum Gasteiger partial charge on any atom is -0.396 e. The van der Waals surface area contributed by atoms with Crippen LogP contribution in [0, 0.1) is 0 Å². The van der Waals surface area contributed by atoms with Gasteiger partial charge in [0.25, 0.3) is 0 Å². The fraction of sp³-hybridized carbons (Fsp3) is 0.118. The third-order valence-electron chi connectivity index (χ3n) is 2.90. The molecule has 2 rings (SSSR count). The van der Waals surface area contributed by atoms with E-state index in [2.05, 4.69) is 0 Å². The van der Waals surface area contributed by atoms with Crippen molar-refractivity contribution < 1.29 is 9.90 Å². The molecule has 0 unspecified atom stereocenters. The summed E-state index contributed by atoms with van der Waals surface area (Å²) in [4.78, 5) is 12.4. The van der Waals surface area contributed by atoms with Crippen molar-refractivity contribution >= 4 is 23.5 Å². The molecule has 0 saturated carbocycles. The summed E-state index contributed by atoms with van der Waals surface area (Å²) < 4.78 is 0. The van der Waals surface area contributed by atoms with Gasteiger partial charge in [-0.25, -0.2) is 0 Å². The van der Waals surface area contributed by atoms with Gasteiger partial charge in [0, 0.05) is 22.8 Å². The highest BCUT2D eigenvalue weighted by molar-refractivity contribution is 6.30. The first-order valence-corrected chi connectivity index (χ1v) is 6.75. The summed E-state index contributed by atoms with van der Waals surface area (Å²) in [6.07, 6.45) is 2.09. The SMILES string of the molecule is O=C(/C(=C/c1cccc(Cl)c1)CCO)c1ccccc1. The smallest absolute Gasteiger partial charge is 0.189 e. The van der Waals surface area contributed by atoms with Crippen molar-refractivity contribution in [3.63, 3.8) is 0 Å². The largest absolute Gasteiger partial charge is 0.396 e. The molecule has 2 aromatic carbocycles. The van der Waals surface area contributed by atoms with Gasteiger partial charge < -0.3 is 5.11 Å². The van der Waals surface area contributed by atoms with Crippen molar-refractivity contribution in [1.82, 2.24) is 0 Å². The third-order valence-corrected chi connectivity index (χ3v) is 3.13. The molecular weight excluding hydrogens is 272 g/mol. The molecule has 2 aromatic rings. The highest BCUT2D eigenvalue weighted by atomic mass is 35.5. The molecule has 0 fully saturated rings. The van der Waals surface area contributed by atoms with Crippen LogP contribution in [0.2, 0.25) is 5.02 Å². The molecule has 0 heterocycles. The van der Waals surface area contributed by atoms with E-state index in [1.165, 1.54) is 0 Å². The van der Waals surface area contributed by atoms with Crippen molar-refractivity contribution in [1.29, 1.82) is 0 Å². The van der Waals surface area contributed by atoms with Crippen LogP contribution in [0.15, 0.2) is 60.2 Å². The number of Topliss-reactive ketones (excluding diaryl/α,β-unsaturated/α-hetero) is 1. The van der Waals surface area contributed by atoms with Crippen LogP contribution in [-0.2, 0) is 0 Å². The lowest BCUT2D eigenvalue weighted by Gasteiger charge is -2.06. The third kappa shape index (κ3) is 3.80. The number of carbonyl (C=O) groups is 1. The van der Waals surface area contributed by atoms with Gasteiger partial charge >= 0.3 is 0 Å². The van der Waals surface area contributed by atoms with E-state index in [0.29, 0.717) is 22.6 Å². The number of aliphatic hydroxyl groups excluding tert-OH is 1. The fourth-order valence-corrected chi connectivity index (χ4v) is 2.14. The Bertz CT molecular complexity index is 618. The molecule has 2 nitrogen and oxygen atoms in total. The number of ketones is 1. The first-order chi connectivity index (χ1) is 9.70. The molecule has 0 radical (unpaired) electrons. The van der Waals surface area contributed by atoms with Crippen LogP contribution in [0.1, 0.15) is 22.3 Å². The number of benzene rings is 2. The van der Waals surface area contributed by atoms with Gasteiger partial charge in [-0.3, -0.25) is 4.79 Å². The van der Waals surface area contributed by atoms with E-state index in [9.17, 15) is 4.79 Å². The van der Waals surface area contributed by atoms with Crippen LogP contribution in [0.4, 0.5) is 0 Å². The topological polar surface area (TPSA) is 37.3 Å². The lowest BCUT2D eigenvalue weighted by Crippen LogP contribution is -2.05. The molecule has 0 aliphatic heterocycles. The van der Waals surface area contributed by atoms with Crippen molar-refractivity contribution in [3.8, 4) is 0 Å². The zero-order valence-electron chi connectivity index (χ0n) is 10.9. The summed E-state index contributed by atoms with van der Waals surface area (Å²) in [5.41, 5.74) is 2.04. The van der Waals surface area contributed by atoms with E-state index < -0.39 is 0 Å². The molecule has 0 spiro atoms. The molecule has 0 aliphatic rings. The van der Waals surface area contributed by atoms with E-state index in [1.54, 1.807) is 30.3 Å². The minimum absolute atomic E-state index is 0.0645. The van der Waals surface area contributed by atoms with E-state index in [-0.39, 0.29) is 12.4 Å². The van der Waals surface area contributed by atoms with Crippen molar-refractivity contribution in [2.45, 2.75) is 6.42 Å². The fourth-order valence-electron chi connectivity index (χ4n) is 1.94. The Balaban J connectivity index is 2.34. The number of carbonyl (C=O) groups excluding carboxylic acids is 1. The molecule has 0 amide bonds. The van der Waals surface area contributed by atoms with Crippen molar-refractivity contribution in [3.05, 3.63) is 76.3 Å². The molecule has 0 aliphatic carbocycles. The minimum atomic E-state index is -0.0698. The number of rotatable bonds is 5. The quantitative estimate of drug-likeness (QED) is 0.666. The zero-order valence-corrected chi connectivity index (χ0v) is 11.7. The molecule has 0 bridgehead atoms. The average molecular weight is 287 g/mol. The molecular formula is C17H15ClO2. The summed E-state index contributed by atoms with van der Waals surface area (Å²) >= 11 is 5.94. The molecule has 0 atom stereocenters. The van der Waals surface area contributed by atoms with Gasteiger partial charge in [-0.2, -0.15) is 0 Å². The molecule has 0 saturated heterocycles. The lowest BCUT2D eigenvalue weighted by atomic mass is 9.99. The van der Waals surface area contributed by atoms with Gasteiger partial charge in [0.2, 0.25) is 0 Å². The normalized spacial score (nSPS) is 11.4. The summed E-state index contributed by atoms with van der Waals surface area (Å²) in [6, 6.07) is 16.3. The first-order valence-electron chi connectivity index (χ1n) is 6.37. The molecule has 3 heteroatoms. The maximum atomic E-state index is 12.4. The summed E-state index contributed by atoms with van der Waals surface area (Å²) in [7, 11) is 0. The predicted octanol–water partition coefficient (Wildman–Crippen LogP) is 3.99. The lowest BCUT2D eigenvalue weighted by molar-refractivity contribution is 0.102. The number of hydrogen-bond acceptors (Lipinski definition) is 2. The second-order valence-electron chi connectivity index (χ2n) is 4.39. The van der Waals surface area contributed by atoms with E-state index >= 15 is 0 Å². The highest BCUT2D eigenvalue weighted by Crippen LogP contribution is 2.18. The second kappa shape index (κ2) is 7.04. The second-order valence-corrected chi connectivity index (χ2v) is 4.83. The van der Waals surface area contributed by atoms with Crippen LogP contribution >= 0.6 is 11.6 Å². The highest BCUT2D eigenvalue weighted by Gasteiger charge is 2.11. The number of halogens is 1. The van der Waals surface area contributed by atoms with Gasteiger partial charge in [-0.05, 0) is 30.2 Å². The summed E-state index contributed by atoms with van der Waals surface area (Å²) in [5, 5.41) is 9.77. The molecule has 1 N–H and O–H groups in total. The zero-order chi connectivity index (χ0) is 14.4. The van der Waals surface area contributed by atoms with Crippen LogP contribution in [0.25, 0.3) is 6.08 Å². The van der Waals surface area contributed by atoms with E-state index in [1.807, 2.05) is 30.3 Å². The molecule has 102 valence electrons. The Kier molecular flexibility index (Phi) is 5.10. The first kappa shape index (κ1) is 14.5. The van der Waals surface area contributed by atoms with Crippen LogP contribution in [-0.4, -0.2) is 17.5 Å². The van der Waals surface area contributed by atoms with Crippen LogP contribution < -0.4 is 0 Å².